The van der Waals surface area contributed by atoms with Gasteiger partial charge in [-0.15, -0.1) is 0 Å². The van der Waals surface area contributed by atoms with E-state index < -0.39 is 11.6 Å². The molecule has 2 rings (SSSR count). The first-order chi connectivity index (χ1) is 8.63. The van der Waals surface area contributed by atoms with Gasteiger partial charge in [-0.3, -0.25) is 0 Å². The van der Waals surface area contributed by atoms with Crippen molar-refractivity contribution < 1.29 is 8.78 Å². The van der Waals surface area contributed by atoms with Crippen molar-refractivity contribution in [1.82, 2.24) is 9.97 Å². The van der Waals surface area contributed by atoms with Crippen molar-refractivity contribution in [2.75, 3.05) is 11.1 Å². The van der Waals surface area contributed by atoms with E-state index >= 15 is 0 Å². The fraction of sp³-hybridized carbons (Fsp3) is 0.167. The normalized spacial score (nSPS) is 10.4. The first-order valence-corrected chi connectivity index (χ1v) is 5.43. The van der Waals surface area contributed by atoms with Crippen LogP contribution in [0, 0.1) is 11.6 Å². The number of benzene rings is 1. The largest absolute Gasteiger partial charge is 0.383 e. The molecule has 0 bridgehead atoms. The number of nitrogens with one attached hydrogen (secondary N) is 1. The highest BCUT2D eigenvalue weighted by molar-refractivity contribution is 5.64. The van der Waals surface area contributed by atoms with Gasteiger partial charge in [-0.2, -0.15) is 0 Å². The number of nitrogen functional groups attached to an aromatic ring is 1. The van der Waals surface area contributed by atoms with Crippen molar-refractivity contribution in [3.05, 3.63) is 41.7 Å². The number of hydrogen-bond donors (Lipinski definition) is 2. The molecule has 0 unspecified atom stereocenters. The minimum absolute atomic E-state index is 0.245. The van der Waals surface area contributed by atoms with Crippen molar-refractivity contribution in [2.45, 2.75) is 13.3 Å². The molecule has 1 aromatic carbocycles. The quantitative estimate of drug-likeness (QED) is 0.879. The Hall–Kier alpha value is -2.24. The Morgan fingerprint density at radius 1 is 1.22 bits per heavy atom. The summed E-state index contributed by atoms with van der Waals surface area (Å²) in [5, 5.41) is 2.62. The lowest BCUT2D eigenvalue weighted by Crippen LogP contribution is -2.06. The average molecular weight is 250 g/mol. The number of nitrogens with zero attached hydrogens (tertiary/aromatic N) is 2. The standard InChI is InChI=1S/C12H12F2N4/c1-2-7-11(15)16-6-17-12(7)18-10-8(13)4-3-5-9(10)14/h3-6H,2H2,1H3,(H3,15,16,17,18). The maximum Gasteiger partial charge on any atom is 0.149 e. The van der Waals surface area contributed by atoms with Gasteiger partial charge in [-0.05, 0) is 18.6 Å². The molecule has 3 N–H and O–H groups in total. The lowest BCUT2D eigenvalue weighted by atomic mass is 10.2. The third-order valence-electron chi connectivity index (χ3n) is 2.54. The number of hydrogen-bond acceptors (Lipinski definition) is 4. The van der Waals surface area contributed by atoms with Crippen LogP contribution < -0.4 is 11.1 Å². The highest BCUT2D eigenvalue weighted by Crippen LogP contribution is 2.25. The average Bonchev–Trinajstić information content (AvgIpc) is 2.34. The zero-order chi connectivity index (χ0) is 13.1. The van der Waals surface area contributed by atoms with E-state index in [9.17, 15) is 8.78 Å². The van der Waals surface area contributed by atoms with Crippen LogP contribution in [-0.2, 0) is 6.42 Å². The summed E-state index contributed by atoms with van der Waals surface area (Å²) < 4.78 is 27.0. The van der Waals surface area contributed by atoms with Gasteiger partial charge < -0.3 is 11.1 Å². The van der Waals surface area contributed by atoms with Gasteiger partial charge in [0.2, 0.25) is 0 Å². The summed E-state index contributed by atoms with van der Waals surface area (Å²) in [6.07, 6.45) is 1.81. The molecule has 0 fully saturated rings. The van der Waals surface area contributed by atoms with Crippen molar-refractivity contribution >= 4 is 17.3 Å². The molecule has 0 saturated heterocycles. The van der Waals surface area contributed by atoms with Gasteiger partial charge in [0.05, 0.1) is 0 Å². The van der Waals surface area contributed by atoms with Gasteiger partial charge in [0, 0.05) is 5.56 Å². The molecule has 18 heavy (non-hydrogen) atoms. The zero-order valence-corrected chi connectivity index (χ0v) is 9.74. The molecular weight excluding hydrogens is 238 g/mol. The number of nitrogens with two attached hydrogens (primary N) is 1. The SMILES string of the molecule is CCc1c(N)ncnc1Nc1c(F)cccc1F. The first kappa shape index (κ1) is 12.2. The minimum atomic E-state index is -0.686. The third-order valence-corrected chi connectivity index (χ3v) is 2.54. The van der Waals surface area contributed by atoms with Crippen molar-refractivity contribution in [3.8, 4) is 0 Å². The number of rotatable bonds is 3. The monoisotopic (exact) mass is 250 g/mol. The summed E-state index contributed by atoms with van der Waals surface area (Å²) in [4.78, 5) is 7.79. The Morgan fingerprint density at radius 3 is 2.50 bits per heavy atom. The lowest BCUT2D eigenvalue weighted by molar-refractivity contribution is 0.590. The van der Waals surface area contributed by atoms with E-state index in [0.29, 0.717) is 23.6 Å². The molecule has 1 heterocycles. The second-order valence-electron chi connectivity index (χ2n) is 3.66. The van der Waals surface area contributed by atoms with E-state index in [2.05, 4.69) is 15.3 Å². The molecule has 2 aromatic rings. The smallest absolute Gasteiger partial charge is 0.149 e. The van der Waals surface area contributed by atoms with E-state index in [0.717, 1.165) is 0 Å². The summed E-state index contributed by atoms with van der Waals surface area (Å²) in [5.41, 5.74) is 6.06. The van der Waals surface area contributed by atoms with Crippen LogP contribution >= 0.6 is 0 Å². The number of halogens is 2. The molecule has 4 nitrogen and oxygen atoms in total. The van der Waals surface area contributed by atoms with Crippen molar-refractivity contribution in [3.63, 3.8) is 0 Å². The maximum atomic E-state index is 13.5. The molecule has 1 aromatic heterocycles. The fourth-order valence-corrected chi connectivity index (χ4v) is 1.62. The number of para-hydroxylation sites is 1. The number of anilines is 3. The first-order valence-electron chi connectivity index (χ1n) is 5.43. The van der Waals surface area contributed by atoms with Crippen LogP contribution in [0.15, 0.2) is 24.5 Å². The molecule has 6 heteroatoms. The van der Waals surface area contributed by atoms with Crippen LogP contribution in [0.1, 0.15) is 12.5 Å². The highest BCUT2D eigenvalue weighted by atomic mass is 19.1. The predicted molar refractivity (Wildman–Crippen MR) is 65.5 cm³/mol. The summed E-state index contributed by atoms with van der Waals surface area (Å²) in [6, 6.07) is 3.63. The van der Waals surface area contributed by atoms with Crippen LogP contribution in [0.2, 0.25) is 0 Å². The highest BCUT2D eigenvalue weighted by Gasteiger charge is 2.12. The Balaban J connectivity index is 2.43. The lowest BCUT2D eigenvalue weighted by Gasteiger charge is -2.12. The Bertz CT molecular complexity index is 552. The summed E-state index contributed by atoms with van der Waals surface area (Å²) >= 11 is 0. The van der Waals surface area contributed by atoms with Crippen molar-refractivity contribution in [2.24, 2.45) is 0 Å². The van der Waals surface area contributed by atoms with Gasteiger partial charge in [0.15, 0.2) is 0 Å². The summed E-state index contributed by atoms with van der Waals surface area (Å²) in [5.74, 6) is -0.760. The minimum Gasteiger partial charge on any atom is -0.383 e. The van der Waals surface area contributed by atoms with E-state index in [-0.39, 0.29) is 5.69 Å². The molecular formula is C12H12F2N4. The van der Waals surface area contributed by atoms with E-state index in [1.54, 1.807) is 0 Å². The van der Waals surface area contributed by atoms with Crippen molar-refractivity contribution in [1.29, 1.82) is 0 Å². The third kappa shape index (κ3) is 2.22. The zero-order valence-electron chi connectivity index (χ0n) is 9.74. The van der Waals surface area contributed by atoms with Crippen LogP contribution in [-0.4, -0.2) is 9.97 Å². The van der Waals surface area contributed by atoms with Crippen LogP contribution in [0.4, 0.5) is 26.1 Å². The second-order valence-corrected chi connectivity index (χ2v) is 3.66. The van der Waals surface area contributed by atoms with E-state index in [1.807, 2.05) is 6.92 Å². The van der Waals surface area contributed by atoms with Crippen LogP contribution in [0.25, 0.3) is 0 Å². The number of aromatic nitrogens is 2. The van der Waals surface area contributed by atoms with E-state index in [4.69, 9.17) is 5.73 Å². The van der Waals surface area contributed by atoms with E-state index in [1.165, 1.54) is 24.5 Å². The Kier molecular flexibility index (Phi) is 3.36. The summed E-state index contributed by atoms with van der Waals surface area (Å²) in [6.45, 7) is 1.86. The second kappa shape index (κ2) is 4.95. The molecule has 0 aliphatic carbocycles. The Labute approximate surface area is 103 Å². The summed E-state index contributed by atoms with van der Waals surface area (Å²) in [7, 11) is 0. The molecule has 0 atom stereocenters. The van der Waals surface area contributed by atoms with Gasteiger partial charge in [-0.25, -0.2) is 18.7 Å². The Morgan fingerprint density at radius 2 is 1.89 bits per heavy atom. The molecule has 0 spiro atoms. The molecule has 0 aliphatic rings. The predicted octanol–water partition coefficient (Wildman–Crippen LogP) is 2.64. The van der Waals surface area contributed by atoms with Crippen LogP contribution in [0.5, 0.6) is 0 Å². The molecule has 0 saturated carbocycles. The topological polar surface area (TPSA) is 63.8 Å². The van der Waals surface area contributed by atoms with Gasteiger partial charge >= 0.3 is 0 Å². The maximum absolute atomic E-state index is 13.5. The molecule has 0 amide bonds. The van der Waals surface area contributed by atoms with Gasteiger partial charge in [-0.1, -0.05) is 13.0 Å². The molecule has 94 valence electrons. The van der Waals surface area contributed by atoms with Gasteiger partial charge in [0.25, 0.3) is 0 Å². The van der Waals surface area contributed by atoms with Gasteiger partial charge in [0.1, 0.15) is 35.3 Å². The molecule has 0 aliphatic heterocycles. The van der Waals surface area contributed by atoms with Crippen LogP contribution in [0.3, 0.4) is 0 Å². The molecule has 0 radical (unpaired) electrons. The fourth-order valence-electron chi connectivity index (χ4n) is 1.62.